The van der Waals surface area contributed by atoms with Gasteiger partial charge in [0.2, 0.25) is 0 Å². The van der Waals surface area contributed by atoms with Crippen molar-refractivity contribution < 1.29 is 19.8 Å². The lowest BCUT2D eigenvalue weighted by atomic mass is 10.3. The van der Waals surface area contributed by atoms with Crippen LogP contribution in [0.1, 0.15) is 27.2 Å². The Morgan fingerprint density at radius 2 is 1.70 bits per heavy atom. The first-order chi connectivity index (χ1) is 9.49. The van der Waals surface area contributed by atoms with Crippen LogP contribution in [0.25, 0.3) is 0 Å². The van der Waals surface area contributed by atoms with Crippen LogP contribution in [-0.4, -0.2) is 77.4 Å². The predicted octanol–water partition coefficient (Wildman–Crippen LogP) is 0.195. The third kappa shape index (κ3) is 6.72. The van der Waals surface area contributed by atoms with Gasteiger partial charge in [0.05, 0.1) is 6.61 Å². The summed E-state index contributed by atoms with van der Waals surface area (Å²) in [5, 5.41) is 20.0. The molecule has 0 saturated heterocycles. The number of urea groups is 1. The van der Waals surface area contributed by atoms with Crippen LogP contribution >= 0.6 is 0 Å². The Balaban J connectivity index is 4.24. The highest BCUT2D eigenvalue weighted by Crippen LogP contribution is 1.97. The van der Waals surface area contributed by atoms with Gasteiger partial charge in [0, 0.05) is 13.1 Å². The Hall–Kier alpha value is -1.34. The second kappa shape index (κ2) is 10.4. The Labute approximate surface area is 120 Å². The lowest BCUT2D eigenvalue weighted by molar-refractivity contribution is -0.140. The molecule has 0 fully saturated rings. The van der Waals surface area contributed by atoms with E-state index >= 15 is 0 Å². The SMILES string of the molecule is CCN(CC)CCCN(CC)C(=O)N[C@@H](CO)C(=O)O. The quantitative estimate of drug-likeness (QED) is 0.534. The average Bonchev–Trinajstić information content (AvgIpc) is 2.44. The molecule has 3 N–H and O–H groups in total. The molecule has 0 aromatic rings. The summed E-state index contributed by atoms with van der Waals surface area (Å²) in [5.41, 5.74) is 0. The van der Waals surface area contributed by atoms with E-state index in [1.807, 2.05) is 6.92 Å². The molecule has 0 bridgehead atoms. The molecule has 7 nitrogen and oxygen atoms in total. The number of aliphatic carboxylic acids is 1. The maximum absolute atomic E-state index is 11.9. The van der Waals surface area contributed by atoms with Crippen molar-refractivity contribution in [1.29, 1.82) is 0 Å². The molecule has 0 aromatic heterocycles. The van der Waals surface area contributed by atoms with Crippen molar-refractivity contribution in [2.45, 2.75) is 33.2 Å². The third-order valence-electron chi connectivity index (χ3n) is 3.24. The first kappa shape index (κ1) is 18.7. The van der Waals surface area contributed by atoms with Crippen LogP contribution in [0.15, 0.2) is 0 Å². The molecule has 118 valence electrons. The Kier molecular flexibility index (Phi) is 9.75. The molecule has 0 rings (SSSR count). The zero-order valence-electron chi connectivity index (χ0n) is 12.6. The Morgan fingerprint density at radius 1 is 1.10 bits per heavy atom. The van der Waals surface area contributed by atoms with Gasteiger partial charge in [0.25, 0.3) is 0 Å². The van der Waals surface area contributed by atoms with Crippen LogP contribution < -0.4 is 5.32 Å². The van der Waals surface area contributed by atoms with Crippen LogP contribution in [0.5, 0.6) is 0 Å². The van der Waals surface area contributed by atoms with Crippen molar-refractivity contribution in [2.75, 3.05) is 39.3 Å². The zero-order chi connectivity index (χ0) is 15.5. The number of amides is 2. The van der Waals surface area contributed by atoms with Crippen molar-refractivity contribution in [1.82, 2.24) is 15.1 Å². The third-order valence-corrected chi connectivity index (χ3v) is 3.24. The molecule has 0 radical (unpaired) electrons. The monoisotopic (exact) mass is 289 g/mol. The maximum Gasteiger partial charge on any atom is 0.328 e. The fraction of sp³-hybridized carbons (Fsp3) is 0.846. The standard InChI is InChI=1S/C13H27N3O4/c1-4-15(5-2)8-7-9-16(6-3)13(20)14-11(10-17)12(18)19/h11,17H,4-10H2,1-3H3,(H,14,20)(H,18,19)/t11-/m0/s1. The highest BCUT2D eigenvalue weighted by Gasteiger charge is 2.21. The van der Waals surface area contributed by atoms with Crippen LogP contribution in [-0.2, 0) is 4.79 Å². The van der Waals surface area contributed by atoms with E-state index in [9.17, 15) is 9.59 Å². The van der Waals surface area contributed by atoms with Gasteiger partial charge in [-0.15, -0.1) is 0 Å². The molecule has 0 saturated carbocycles. The first-order valence-electron chi connectivity index (χ1n) is 7.11. The number of carboxylic acids is 1. The predicted molar refractivity (Wildman–Crippen MR) is 76.7 cm³/mol. The van der Waals surface area contributed by atoms with Crippen LogP contribution in [0.2, 0.25) is 0 Å². The van der Waals surface area contributed by atoms with Crippen molar-refractivity contribution >= 4 is 12.0 Å². The van der Waals surface area contributed by atoms with E-state index < -0.39 is 24.6 Å². The second-order valence-corrected chi connectivity index (χ2v) is 4.48. The summed E-state index contributed by atoms with van der Waals surface area (Å²) in [4.78, 5) is 26.5. The van der Waals surface area contributed by atoms with Gasteiger partial charge < -0.3 is 25.3 Å². The molecule has 0 aliphatic rings. The molecular weight excluding hydrogens is 262 g/mol. The number of nitrogens with one attached hydrogen (secondary N) is 1. The lowest BCUT2D eigenvalue weighted by Gasteiger charge is -2.25. The van der Waals surface area contributed by atoms with Crippen LogP contribution in [0.4, 0.5) is 4.79 Å². The molecule has 0 unspecified atom stereocenters. The van der Waals surface area contributed by atoms with Gasteiger partial charge in [-0.2, -0.15) is 0 Å². The topological polar surface area (TPSA) is 93.1 Å². The zero-order valence-corrected chi connectivity index (χ0v) is 12.6. The molecule has 1 atom stereocenters. The number of aliphatic hydroxyl groups is 1. The van der Waals surface area contributed by atoms with Gasteiger partial charge in [-0.25, -0.2) is 9.59 Å². The fourth-order valence-electron chi connectivity index (χ4n) is 1.85. The van der Waals surface area contributed by atoms with E-state index in [1.165, 1.54) is 0 Å². The molecule has 0 aliphatic heterocycles. The minimum absolute atomic E-state index is 0.450. The summed E-state index contributed by atoms with van der Waals surface area (Å²) >= 11 is 0. The number of carbonyl (C=O) groups is 2. The van der Waals surface area contributed by atoms with Gasteiger partial charge in [0.15, 0.2) is 6.04 Å². The highest BCUT2D eigenvalue weighted by molar-refractivity contribution is 5.82. The number of carbonyl (C=O) groups excluding carboxylic acids is 1. The molecule has 7 heteroatoms. The number of nitrogens with zero attached hydrogens (tertiary/aromatic N) is 2. The van der Waals surface area contributed by atoms with Gasteiger partial charge in [-0.05, 0) is 33.0 Å². The summed E-state index contributed by atoms with van der Waals surface area (Å²) in [7, 11) is 0. The van der Waals surface area contributed by atoms with Crippen molar-refractivity contribution in [3.8, 4) is 0 Å². The number of hydrogen-bond acceptors (Lipinski definition) is 4. The van der Waals surface area contributed by atoms with E-state index in [1.54, 1.807) is 4.90 Å². The van der Waals surface area contributed by atoms with E-state index in [0.29, 0.717) is 13.1 Å². The van der Waals surface area contributed by atoms with Crippen molar-refractivity contribution in [3.63, 3.8) is 0 Å². The summed E-state index contributed by atoms with van der Waals surface area (Å²) in [5.74, 6) is -1.24. The highest BCUT2D eigenvalue weighted by atomic mass is 16.4. The molecule has 0 spiro atoms. The summed E-state index contributed by atoms with van der Waals surface area (Å²) in [6.45, 7) is 9.32. The molecule has 2 amide bonds. The van der Waals surface area contributed by atoms with Gasteiger partial charge >= 0.3 is 12.0 Å². The first-order valence-corrected chi connectivity index (χ1v) is 7.11. The number of rotatable bonds is 10. The molecular formula is C13H27N3O4. The van der Waals surface area contributed by atoms with E-state index in [4.69, 9.17) is 10.2 Å². The number of hydrogen-bond donors (Lipinski definition) is 3. The minimum Gasteiger partial charge on any atom is -0.480 e. The normalized spacial score (nSPS) is 12.2. The van der Waals surface area contributed by atoms with E-state index in [-0.39, 0.29) is 0 Å². The summed E-state index contributed by atoms with van der Waals surface area (Å²) < 4.78 is 0. The molecule has 20 heavy (non-hydrogen) atoms. The summed E-state index contributed by atoms with van der Waals surface area (Å²) in [6, 6.07) is -1.70. The van der Waals surface area contributed by atoms with Gasteiger partial charge in [-0.1, -0.05) is 13.8 Å². The number of carboxylic acid groups (broad SMARTS) is 1. The molecule has 0 aliphatic carbocycles. The second-order valence-electron chi connectivity index (χ2n) is 4.48. The van der Waals surface area contributed by atoms with Gasteiger partial charge in [-0.3, -0.25) is 0 Å². The fourth-order valence-corrected chi connectivity index (χ4v) is 1.85. The van der Waals surface area contributed by atoms with Crippen molar-refractivity contribution in [3.05, 3.63) is 0 Å². The van der Waals surface area contributed by atoms with Crippen LogP contribution in [0, 0.1) is 0 Å². The Morgan fingerprint density at radius 3 is 2.10 bits per heavy atom. The molecule has 0 heterocycles. The lowest BCUT2D eigenvalue weighted by Crippen LogP contribution is -2.50. The van der Waals surface area contributed by atoms with E-state index in [0.717, 1.165) is 26.1 Å². The van der Waals surface area contributed by atoms with Crippen LogP contribution in [0.3, 0.4) is 0 Å². The van der Waals surface area contributed by atoms with Crippen molar-refractivity contribution in [2.24, 2.45) is 0 Å². The minimum atomic E-state index is -1.25. The van der Waals surface area contributed by atoms with E-state index in [2.05, 4.69) is 24.1 Å². The number of aliphatic hydroxyl groups excluding tert-OH is 1. The maximum atomic E-state index is 11.9. The molecule has 0 aromatic carbocycles. The smallest absolute Gasteiger partial charge is 0.328 e. The van der Waals surface area contributed by atoms with Gasteiger partial charge in [0.1, 0.15) is 0 Å². The average molecular weight is 289 g/mol. The summed E-state index contributed by atoms with van der Waals surface area (Å²) in [6.07, 6.45) is 0.833. The Bertz CT molecular complexity index is 295. The largest absolute Gasteiger partial charge is 0.480 e.